The van der Waals surface area contributed by atoms with Gasteiger partial charge in [0.2, 0.25) is 0 Å². The number of anilines is 1. The monoisotopic (exact) mass is 237 g/mol. The third-order valence-electron chi connectivity index (χ3n) is 1.48. The molecule has 0 aliphatic rings. The number of hydrogen-bond acceptors (Lipinski definition) is 4. The molecule has 0 heterocycles. The molecule has 0 saturated heterocycles. The van der Waals surface area contributed by atoms with Gasteiger partial charge in [0.25, 0.3) is 0 Å². The average Bonchev–Trinajstić information content (AvgIpc) is 2.13. The van der Waals surface area contributed by atoms with Crippen LogP contribution in [0.3, 0.4) is 0 Å². The van der Waals surface area contributed by atoms with Crippen molar-refractivity contribution in [1.29, 1.82) is 0 Å². The highest BCUT2D eigenvalue weighted by molar-refractivity contribution is 6.39. The minimum atomic E-state index is -1.55. The first-order valence-corrected chi connectivity index (χ1v) is 4.50. The second-order valence-corrected chi connectivity index (χ2v) is 3.35. The standard InChI is InChI=1S/C8H9Cl2NO3/c9-4-1-2-5(7(10)8(4)11)14-3-6(12)13/h1-2,6,12-13H,3,11H2. The van der Waals surface area contributed by atoms with E-state index in [0.29, 0.717) is 5.02 Å². The Labute approximate surface area is 90.8 Å². The largest absolute Gasteiger partial charge is 0.487 e. The van der Waals surface area contributed by atoms with Gasteiger partial charge in [-0.25, -0.2) is 0 Å². The van der Waals surface area contributed by atoms with Gasteiger partial charge in [0.15, 0.2) is 6.29 Å². The maximum absolute atomic E-state index is 8.56. The molecule has 0 amide bonds. The number of hydrogen-bond donors (Lipinski definition) is 3. The molecular weight excluding hydrogens is 229 g/mol. The maximum Gasteiger partial charge on any atom is 0.186 e. The molecule has 4 nitrogen and oxygen atoms in total. The summed E-state index contributed by atoms with van der Waals surface area (Å²) in [5, 5.41) is 17.6. The summed E-state index contributed by atoms with van der Waals surface area (Å²) in [7, 11) is 0. The molecule has 0 saturated carbocycles. The number of aliphatic hydroxyl groups is 2. The summed E-state index contributed by atoms with van der Waals surface area (Å²) < 4.78 is 4.96. The van der Waals surface area contributed by atoms with Crippen molar-refractivity contribution in [3.63, 3.8) is 0 Å². The molecular formula is C8H9Cl2NO3. The zero-order chi connectivity index (χ0) is 10.7. The predicted octanol–water partition coefficient (Wildman–Crippen LogP) is 1.27. The highest BCUT2D eigenvalue weighted by Gasteiger charge is 2.09. The van der Waals surface area contributed by atoms with Crippen LogP contribution in [0.4, 0.5) is 5.69 Å². The number of nitrogen functional groups attached to an aromatic ring is 1. The van der Waals surface area contributed by atoms with Gasteiger partial charge in [0, 0.05) is 0 Å². The molecule has 0 radical (unpaired) electrons. The highest BCUT2D eigenvalue weighted by Crippen LogP contribution is 2.35. The van der Waals surface area contributed by atoms with Crippen LogP contribution in [0.25, 0.3) is 0 Å². The van der Waals surface area contributed by atoms with Crippen LogP contribution in [-0.2, 0) is 0 Å². The normalized spacial score (nSPS) is 10.6. The summed E-state index contributed by atoms with van der Waals surface area (Å²) in [6.45, 7) is -0.277. The van der Waals surface area contributed by atoms with Crippen molar-refractivity contribution in [2.45, 2.75) is 6.29 Å². The lowest BCUT2D eigenvalue weighted by molar-refractivity contribution is -0.0680. The molecule has 6 heteroatoms. The zero-order valence-electron chi connectivity index (χ0n) is 7.08. The molecule has 0 bridgehead atoms. The van der Waals surface area contributed by atoms with Crippen molar-refractivity contribution in [3.05, 3.63) is 22.2 Å². The third-order valence-corrected chi connectivity index (χ3v) is 2.20. The quantitative estimate of drug-likeness (QED) is 0.547. The Bertz CT molecular complexity index is 331. The van der Waals surface area contributed by atoms with Gasteiger partial charge in [-0.15, -0.1) is 0 Å². The van der Waals surface area contributed by atoms with Crippen LogP contribution in [0, 0.1) is 0 Å². The van der Waals surface area contributed by atoms with Gasteiger partial charge in [-0.3, -0.25) is 0 Å². The van der Waals surface area contributed by atoms with Gasteiger partial charge in [-0.05, 0) is 12.1 Å². The van der Waals surface area contributed by atoms with Gasteiger partial charge in [0.05, 0.1) is 10.7 Å². The van der Waals surface area contributed by atoms with E-state index in [-0.39, 0.29) is 23.1 Å². The van der Waals surface area contributed by atoms with E-state index in [1.165, 1.54) is 12.1 Å². The lowest BCUT2D eigenvalue weighted by Crippen LogP contribution is -2.16. The highest BCUT2D eigenvalue weighted by atomic mass is 35.5. The second-order valence-electron chi connectivity index (χ2n) is 2.56. The lowest BCUT2D eigenvalue weighted by atomic mass is 10.3. The minimum Gasteiger partial charge on any atom is -0.487 e. The van der Waals surface area contributed by atoms with Crippen molar-refractivity contribution >= 4 is 28.9 Å². The van der Waals surface area contributed by atoms with E-state index in [1.807, 2.05) is 0 Å². The van der Waals surface area contributed by atoms with Gasteiger partial charge >= 0.3 is 0 Å². The molecule has 1 aromatic carbocycles. The summed E-state index contributed by atoms with van der Waals surface area (Å²) in [5.74, 6) is 0.265. The van der Waals surface area contributed by atoms with E-state index in [0.717, 1.165) is 0 Å². The first-order valence-electron chi connectivity index (χ1n) is 3.74. The molecule has 1 aromatic rings. The molecule has 0 fully saturated rings. The van der Waals surface area contributed by atoms with Gasteiger partial charge in [-0.2, -0.15) is 0 Å². The van der Waals surface area contributed by atoms with E-state index in [2.05, 4.69) is 0 Å². The topological polar surface area (TPSA) is 75.7 Å². The van der Waals surface area contributed by atoms with Crippen LogP contribution < -0.4 is 10.5 Å². The SMILES string of the molecule is Nc1c(Cl)ccc(OCC(O)O)c1Cl. The van der Waals surface area contributed by atoms with Gasteiger partial charge in [0.1, 0.15) is 17.4 Å². The average molecular weight is 238 g/mol. The van der Waals surface area contributed by atoms with Gasteiger partial charge in [-0.1, -0.05) is 23.2 Å². The molecule has 0 aliphatic heterocycles. The summed E-state index contributed by atoms with van der Waals surface area (Å²) in [5.41, 5.74) is 5.73. The molecule has 4 N–H and O–H groups in total. The molecule has 0 atom stereocenters. The molecule has 78 valence electrons. The molecule has 0 unspecified atom stereocenters. The maximum atomic E-state index is 8.56. The predicted molar refractivity (Wildman–Crippen MR) is 54.6 cm³/mol. The fourth-order valence-corrected chi connectivity index (χ4v) is 1.25. The first kappa shape index (κ1) is 11.4. The molecule has 0 aromatic heterocycles. The van der Waals surface area contributed by atoms with E-state index in [4.69, 9.17) is 43.9 Å². The number of benzene rings is 1. The number of halogens is 2. The summed E-state index contributed by atoms with van der Waals surface area (Å²) >= 11 is 11.5. The summed E-state index contributed by atoms with van der Waals surface area (Å²) in [4.78, 5) is 0. The van der Waals surface area contributed by atoms with Crippen molar-refractivity contribution in [2.75, 3.05) is 12.3 Å². The Balaban J connectivity index is 2.83. The van der Waals surface area contributed by atoms with Crippen molar-refractivity contribution in [2.24, 2.45) is 0 Å². The minimum absolute atomic E-state index is 0.165. The second kappa shape index (κ2) is 4.70. The van der Waals surface area contributed by atoms with Crippen molar-refractivity contribution < 1.29 is 14.9 Å². The number of ether oxygens (including phenoxy) is 1. The van der Waals surface area contributed by atoms with Gasteiger partial charge < -0.3 is 20.7 Å². The third kappa shape index (κ3) is 2.65. The Morgan fingerprint density at radius 1 is 1.36 bits per heavy atom. The molecule has 14 heavy (non-hydrogen) atoms. The van der Waals surface area contributed by atoms with Crippen LogP contribution in [0.1, 0.15) is 0 Å². The van der Waals surface area contributed by atoms with Crippen LogP contribution in [0.5, 0.6) is 5.75 Å². The smallest absolute Gasteiger partial charge is 0.186 e. The lowest BCUT2D eigenvalue weighted by Gasteiger charge is -2.10. The fraction of sp³-hybridized carbons (Fsp3) is 0.250. The fourth-order valence-electron chi connectivity index (χ4n) is 0.825. The molecule has 0 spiro atoms. The number of rotatable bonds is 3. The Morgan fingerprint density at radius 2 is 2.00 bits per heavy atom. The first-order chi connectivity index (χ1) is 6.52. The summed E-state index contributed by atoms with van der Waals surface area (Å²) in [6, 6.07) is 3.02. The van der Waals surface area contributed by atoms with Crippen LogP contribution in [0.2, 0.25) is 10.0 Å². The van der Waals surface area contributed by atoms with E-state index < -0.39 is 6.29 Å². The van der Waals surface area contributed by atoms with Crippen LogP contribution in [0.15, 0.2) is 12.1 Å². The van der Waals surface area contributed by atoms with Crippen molar-refractivity contribution in [3.8, 4) is 5.75 Å². The van der Waals surface area contributed by atoms with Crippen LogP contribution >= 0.6 is 23.2 Å². The number of aliphatic hydroxyl groups excluding tert-OH is 1. The number of nitrogens with two attached hydrogens (primary N) is 1. The summed E-state index contributed by atoms with van der Waals surface area (Å²) in [6.07, 6.45) is -1.55. The van der Waals surface area contributed by atoms with E-state index in [1.54, 1.807) is 0 Å². The zero-order valence-corrected chi connectivity index (χ0v) is 8.59. The molecule has 1 rings (SSSR count). The van der Waals surface area contributed by atoms with Crippen LogP contribution in [-0.4, -0.2) is 23.1 Å². The van der Waals surface area contributed by atoms with E-state index >= 15 is 0 Å². The van der Waals surface area contributed by atoms with Crippen molar-refractivity contribution in [1.82, 2.24) is 0 Å². The Kier molecular flexibility index (Phi) is 3.83. The Morgan fingerprint density at radius 3 is 2.57 bits per heavy atom. The Hall–Kier alpha value is -0.680. The molecule has 0 aliphatic carbocycles. The van der Waals surface area contributed by atoms with E-state index in [9.17, 15) is 0 Å².